The zero-order chi connectivity index (χ0) is 22.6. The van der Waals surface area contributed by atoms with E-state index in [0.717, 1.165) is 51.7 Å². The standard InChI is InChI=1S/C25H33N3O3S/c1-20-7-3-4-8-22(20)19-27-17-13-21(14-18-27)25(29)26-23-9-11-24(12-10-23)32(30,31)28-15-5-2-6-16-28/h3-4,7-12,21H,2,5-6,13-19H2,1H3,(H,26,29). The average Bonchev–Trinajstić information content (AvgIpc) is 2.82. The van der Waals surface area contributed by atoms with Gasteiger partial charge in [0.05, 0.1) is 4.90 Å². The molecule has 1 N–H and O–H groups in total. The topological polar surface area (TPSA) is 69.7 Å². The maximum Gasteiger partial charge on any atom is 0.243 e. The first-order chi connectivity index (χ1) is 15.4. The highest BCUT2D eigenvalue weighted by molar-refractivity contribution is 7.89. The van der Waals surface area contributed by atoms with Crippen LogP contribution in [-0.4, -0.2) is 49.7 Å². The summed E-state index contributed by atoms with van der Waals surface area (Å²) in [6.07, 6.45) is 4.58. The van der Waals surface area contributed by atoms with Crippen LogP contribution in [0.2, 0.25) is 0 Å². The van der Waals surface area contributed by atoms with E-state index in [-0.39, 0.29) is 11.8 Å². The number of nitrogens with zero attached hydrogens (tertiary/aromatic N) is 2. The van der Waals surface area contributed by atoms with Gasteiger partial charge in [-0.05, 0) is 81.1 Å². The molecule has 172 valence electrons. The molecule has 2 heterocycles. The minimum absolute atomic E-state index is 0.0140. The van der Waals surface area contributed by atoms with Gasteiger partial charge in [0.1, 0.15) is 0 Å². The largest absolute Gasteiger partial charge is 0.326 e. The molecule has 0 atom stereocenters. The molecule has 0 aromatic heterocycles. The number of benzene rings is 2. The van der Waals surface area contributed by atoms with E-state index in [1.54, 1.807) is 28.6 Å². The van der Waals surface area contributed by atoms with E-state index < -0.39 is 10.0 Å². The normalized spacial score (nSPS) is 19.0. The number of carbonyl (C=O) groups is 1. The van der Waals surface area contributed by atoms with Gasteiger partial charge in [0.25, 0.3) is 0 Å². The Hall–Kier alpha value is -2.22. The quantitative estimate of drug-likeness (QED) is 0.714. The summed E-state index contributed by atoms with van der Waals surface area (Å²) in [7, 11) is -3.45. The third-order valence-electron chi connectivity index (χ3n) is 6.69. The van der Waals surface area contributed by atoms with Crippen molar-refractivity contribution in [3.63, 3.8) is 0 Å². The molecule has 2 saturated heterocycles. The molecule has 0 radical (unpaired) electrons. The summed E-state index contributed by atoms with van der Waals surface area (Å²) in [5.74, 6) is 0.00654. The van der Waals surface area contributed by atoms with Crippen LogP contribution >= 0.6 is 0 Å². The van der Waals surface area contributed by atoms with E-state index in [4.69, 9.17) is 0 Å². The Morgan fingerprint density at radius 3 is 2.25 bits per heavy atom. The third-order valence-corrected chi connectivity index (χ3v) is 8.60. The fourth-order valence-electron chi connectivity index (χ4n) is 4.59. The molecule has 0 bridgehead atoms. The van der Waals surface area contributed by atoms with Crippen LogP contribution in [0.25, 0.3) is 0 Å². The summed E-state index contributed by atoms with van der Waals surface area (Å²) in [5, 5.41) is 2.98. The molecule has 2 aromatic carbocycles. The van der Waals surface area contributed by atoms with Gasteiger partial charge in [0.15, 0.2) is 0 Å². The number of piperidine rings is 2. The maximum atomic E-state index is 12.8. The molecule has 1 amide bonds. The second kappa shape index (κ2) is 10.1. The van der Waals surface area contributed by atoms with Gasteiger partial charge < -0.3 is 5.32 Å². The summed E-state index contributed by atoms with van der Waals surface area (Å²) in [6, 6.07) is 15.0. The van der Waals surface area contributed by atoms with Crippen LogP contribution in [0.15, 0.2) is 53.4 Å². The summed E-state index contributed by atoms with van der Waals surface area (Å²) >= 11 is 0. The highest BCUT2D eigenvalue weighted by atomic mass is 32.2. The zero-order valence-corrected chi connectivity index (χ0v) is 19.6. The van der Waals surface area contributed by atoms with Crippen molar-refractivity contribution in [3.8, 4) is 0 Å². The van der Waals surface area contributed by atoms with E-state index in [9.17, 15) is 13.2 Å². The smallest absolute Gasteiger partial charge is 0.243 e. The summed E-state index contributed by atoms with van der Waals surface area (Å²) < 4.78 is 27.1. The van der Waals surface area contributed by atoms with E-state index in [0.29, 0.717) is 23.7 Å². The molecular weight excluding hydrogens is 422 g/mol. The van der Waals surface area contributed by atoms with Gasteiger partial charge in [-0.15, -0.1) is 0 Å². The lowest BCUT2D eigenvalue weighted by atomic mass is 9.95. The van der Waals surface area contributed by atoms with Gasteiger partial charge in [-0.25, -0.2) is 8.42 Å². The Morgan fingerprint density at radius 1 is 0.938 bits per heavy atom. The van der Waals surface area contributed by atoms with E-state index in [1.807, 2.05) is 0 Å². The number of hydrogen-bond donors (Lipinski definition) is 1. The van der Waals surface area contributed by atoms with Crippen LogP contribution < -0.4 is 5.32 Å². The van der Waals surface area contributed by atoms with Crippen LogP contribution in [0, 0.1) is 12.8 Å². The Bertz CT molecular complexity index is 1020. The van der Waals surface area contributed by atoms with Gasteiger partial charge in [-0.2, -0.15) is 4.31 Å². The van der Waals surface area contributed by atoms with E-state index >= 15 is 0 Å². The molecule has 2 aliphatic rings. The summed E-state index contributed by atoms with van der Waals surface area (Å²) in [5.41, 5.74) is 3.29. The Morgan fingerprint density at radius 2 is 1.59 bits per heavy atom. The van der Waals surface area contributed by atoms with Crippen molar-refractivity contribution < 1.29 is 13.2 Å². The molecule has 0 unspecified atom stereocenters. The monoisotopic (exact) mass is 455 g/mol. The predicted octanol–water partition coefficient (Wildman–Crippen LogP) is 4.02. The molecule has 2 aromatic rings. The van der Waals surface area contributed by atoms with Gasteiger partial charge in [-0.1, -0.05) is 30.7 Å². The van der Waals surface area contributed by atoms with Gasteiger partial charge in [-0.3, -0.25) is 9.69 Å². The molecule has 0 saturated carbocycles. The number of anilines is 1. The lowest BCUT2D eigenvalue weighted by Crippen LogP contribution is -2.37. The molecule has 0 aliphatic carbocycles. The number of aryl methyl sites for hydroxylation is 1. The molecule has 4 rings (SSSR count). The number of likely N-dealkylation sites (tertiary alicyclic amines) is 1. The van der Waals surface area contributed by atoms with Crippen LogP contribution in [0.1, 0.15) is 43.2 Å². The Labute approximate surface area is 191 Å². The zero-order valence-electron chi connectivity index (χ0n) is 18.8. The minimum atomic E-state index is -3.45. The molecule has 6 nitrogen and oxygen atoms in total. The van der Waals surface area contributed by atoms with Crippen LogP contribution in [-0.2, 0) is 21.4 Å². The third kappa shape index (κ3) is 5.39. The Balaban J connectivity index is 1.29. The van der Waals surface area contributed by atoms with E-state index in [1.165, 1.54) is 11.1 Å². The van der Waals surface area contributed by atoms with Crippen molar-refractivity contribution >= 4 is 21.6 Å². The van der Waals surface area contributed by atoms with Crippen molar-refractivity contribution in [2.24, 2.45) is 5.92 Å². The minimum Gasteiger partial charge on any atom is -0.326 e. The van der Waals surface area contributed by atoms with E-state index in [2.05, 4.69) is 41.4 Å². The second-order valence-electron chi connectivity index (χ2n) is 8.96. The number of sulfonamides is 1. The molecule has 2 fully saturated rings. The highest BCUT2D eigenvalue weighted by Gasteiger charge is 2.27. The highest BCUT2D eigenvalue weighted by Crippen LogP contribution is 2.24. The first kappa shape index (κ1) is 23.0. The number of hydrogen-bond acceptors (Lipinski definition) is 4. The Kier molecular flexibility index (Phi) is 7.28. The van der Waals surface area contributed by atoms with Crippen LogP contribution in [0.3, 0.4) is 0 Å². The molecule has 7 heteroatoms. The molecule has 32 heavy (non-hydrogen) atoms. The SMILES string of the molecule is Cc1ccccc1CN1CCC(C(=O)Nc2ccc(S(=O)(=O)N3CCCCC3)cc2)CC1. The summed E-state index contributed by atoms with van der Waals surface area (Å²) in [6.45, 7) is 6.04. The lowest BCUT2D eigenvalue weighted by molar-refractivity contribution is -0.121. The molecule has 0 spiro atoms. The average molecular weight is 456 g/mol. The predicted molar refractivity (Wildman–Crippen MR) is 127 cm³/mol. The number of carbonyl (C=O) groups excluding carboxylic acids is 1. The van der Waals surface area contributed by atoms with Gasteiger partial charge in [0.2, 0.25) is 15.9 Å². The van der Waals surface area contributed by atoms with Crippen molar-refractivity contribution in [1.82, 2.24) is 9.21 Å². The van der Waals surface area contributed by atoms with Crippen molar-refractivity contribution in [2.75, 3.05) is 31.5 Å². The fourth-order valence-corrected chi connectivity index (χ4v) is 6.11. The van der Waals surface area contributed by atoms with Gasteiger partial charge in [0, 0.05) is 31.2 Å². The van der Waals surface area contributed by atoms with Crippen molar-refractivity contribution in [3.05, 3.63) is 59.7 Å². The maximum absolute atomic E-state index is 12.8. The van der Waals surface area contributed by atoms with Crippen LogP contribution in [0.5, 0.6) is 0 Å². The van der Waals surface area contributed by atoms with Crippen molar-refractivity contribution in [1.29, 1.82) is 0 Å². The van der Waals surface area contributed by atoms with Crippen molar-refractivity contribution in [2.45, 2.75) is 50.5 Å². The first-order valence-electron chi connectivity index (χ1n) is 11.6. The number of amides is 1. The number of rotatable bonds is 6. The molecule has 2 aliphatic heterocycles. The first-order valence-corrected chi connectivity index (χ1v) is 13.1. The fraction of sp³-hybridized carbons (Fsp3) is 0.480. The molecular formula is C25H33N3O3S. The number of nitrogens with one attached hydrogen (secondary N) is 1. The summed E-state index contributed by atoms with van der Waals surface area (Å²) in [4.78, 5) is 15.5. The second-order valence-corrected chi connectivity index (χ2v) is 10.9. The van der Waals surface area contributed by atoms with Gasteiger partial charge >= 0.3 is 0 Å². The van der Waals surface area contributed by atoms with Crippen LogP contribution in [0.4, 0.5) is 5.69 Å². The lowest BCUT2D eigenvalue weighted by Gasteiger charge is -2.31.